The predicted molar refractivity (Wildman–Crippen MR) is 41.8 cm³/mol. The van der Waals surface area contributed by atoms with Gasteiger partial charge < -0.3 is 0 Å². The van der Waals surface area contributed by atoms with Crippen LogP contribution in [0.5, 0.6) is 0 Å². The van der Waals surface area contributed by atoms with E-state index in [0.717, 1.165) is 0 Å². The summed E-state index contributed by atoms with van der Waals surface area (Å²) in [4.78, 5) is 0. The molecule has 0 aliphatic rings. The summed E-state index contributed by atoms with van der Waals surface area (Å²) in [5.74, 6) is 0. The third-order valence-corrected chi connectivity index (χ3v) is 11.0. The maximum absolute atomic E-state index is 3.13. The molecule has 2 heteroatoms. The average Bonchev–Trinajstić information content (AvgIpc) is 1.89. The van der Waals surface area contributed by atoms with Crippen molar-refractivity contribution >= 4 is 3.29 Å². The molecule has 0 saturated heterocycles. The van der Waals surface area contributed by atoms with Crippen LogP contribution in [0.1, 0.15) is 27.2 Å². The Hall–Kier alpha value is 1.46. The first kappa shape index (κ1) is 10.5. The first-order valence-electron chi connectivity index (χ1n) is 3.83. The molecule has 0 heterocycles. The summed E-state index contributed by atoms with van der Waals surface area (Å²) in [7, 11) is 0. The van der Waals surface area contributed by atoms with Gasteiger partial charge in [0.05, 0.1) is 0 Å². The van der Waals surface area contributed by atoms with Gasteiger partial charge in [0.2, 0.25) is 0 Å². The molecular formula is C7H17ErSi. The Labute approximate surface area is 82.1 Å². The van der Waals surface area contributed by atoms with Crippen LogP contribution >= 0.6 is 0 Å². The van der Waals surface area contributed by atoms with Crippen LogP contribution < -0.4 is 0 Å². The normalized spacial score (nSPS) is 12.1. The zero-order chi connectivity index (χ0) is 7.33. The molecule has 0 N–H and O–H groups in total. The Balaban J connectivity index is 3.62. The summed E-state index contributed by atoms with van der Waals surface area (Å²) in [6, 6.07) is 4.36. The summed E-state index contributed by atoms with van der Waals surface area (Å²) < 4.78 is -0.781. The van der Waals surface area contributed by atoms with Crippen molar-refractivity contribution in [2.24, 2.45) is 0 Å². The van der Waals surface area contributed by atoms with Gasteiger partial charge in [0, 0.05) is 0 Å². The van der Waals surface area contributed by atoms with Crippen molar-refractivity contribution in [2.75, 3.05) is 0 Å². The molecular weight excluding hydrogens is 279 g/mol. The second-order valence-electron chi connectivity index (χ2n) is 2.51. The first-order valence-corrected chi connectivity index (χ1v) is 9.01. The van der Waals surface area contributed by atoms with Gasteiger partial charge in [-0.3, -0.25) is 0 Å². The van der Waals surface area contributed by atoms with E-state index in [2.05, 4.69) is 55.1 Å². The molecule has 0 bridgehead atoms. The summed E-state index contributed by atoms with van der Waals surface area (Å²) in [6.45, 7) is 6.95. The van der Waals surface area contributed by atoms with Crippen molar-refractivity contribution in [3.8, 4) is 0 Å². The third-order valence-electron chi connectivity index (χ3n) is 1.88. The molecule has 0 aliphatic heterocycles. The first-order chi connectivity index (χ1) is 4.18. The van der Waals surface area contributed by atoms with Gasteiger partial charge in [-0.15, -0.1) is 0 Å². The van der Waals surface area contributed by atoms with Crippen molar-refractivity contribution in [1.29, 1.82) is 0 Å². The van der Waals surface area contributed by atoms with Crippen LogP contribution in [0.3, 0.4) is 0 Å². The van der Waals surface area contributed by atoms with Crippen molar-refractivity contribution in [1.82, 2.24) is 0 Å². The van der Waals surface area contributed by atoms with Gasteiger partial charge in [0.1, 0.15) is 0 Å². The third kappa shape index (κ3) is 4.01. The van der Waals surface area contributed by atoms with Gasteiger partial charge in [-0.05, 0) is 0 Å². The number of rotatable bonds is 4. The molecule has 0 fully saturated rings. The molecule has 9 heavy (non-hydrogen) atoms. The summed E-state index contributed by atoms with van der Waals surface area (Å²) in [6.07, 6.45) is 1.37. The second kappa shape index (κ2) is 5.16. The minimum atomic E-state index is -0.781. The van der Waals surface area contributed by atoms with Crippen LogP contribution in [0.25, 0.3) is 0 Å². The van der Waals surface area contributed by atoms with E-state index in [9.17, 15) is 0 Å². The monoisotopic (exact) mass is 295 g/mol. The molecule has 0 nitrogen and oxygen atoms in total. The van der Waals surface area contributed by atoms with Gasteiger partial charge in [-0.1, -0.05) is 0 Å². The van der Waals surface area contributed by atoms with E-state index in [4.69, 9.17) is 0 Å². The van der Waals surface area contributed by atoms with Gasteiger partial charge >= 0.3 is 82.9 Å². The number of hydrogen-bond donors (Lipinski definition) is 0. The topological polar surface area (TPSA) is 0 Å². The van der Waals surface area contributed by atoms with Gasteiger partial charge in [0.15, 0.2) is 0 Å². The van der Waals surface area contributed by atoms with E-state index >= 15 is 0 Å². The maximum atomic E-state index is 3.13. The fourth-order valence-corrected chi connectivity index (χ4v) is 4.48. The molecule has 0 spiro atoms. The van der Waals surface area contributed by atoms with E-state index in [1.807, 2.05) is 0 Å². The zero-order valence-corrected chi connectivity index (χ0v) is 9.47. The SMILES string of the molecule is CCC[Si]([Er])(CC)CC. The molecule has 0 aromatic carbocycles. The van der Waals surface area contributed by atoms with E-state index in [1.165, 1.54) is 24.6 Å². The molecule has 61 valence electrons. The molecule has 0 aliphatic carbocycles. The molecule has 0 aromatic rings. The molecule has 0 rings (SSSR count). The van der Waals surface area contributed by atoms with E-state index in [-0.39, 0.29) is 0 Å². The molecule has 0 radical (unpaired) electrons. The Morgan fingerprint density at radius 1 is 1.11 bits per heavy atom. The fourth-order valence-electron chi connectivity index (χ4n) is 1.03. The minimum absolute atomic E-state index is 0.781. The van der Waals surface area contributed by atoms with Crippen LogP contribution in [0.4, 0.5) is 0 Å². The van der Waals surface area contributed by atoms with Crippen LogP contribution in [-0.4, -0.2) is 3.29 Å². The van der Waals surface area contributed by atoms with Gasteiger partial charge in [0.25, 0.3) is 0 Å². The summed E-state index contributed by atoms with van der Waals surface area (Å²) >= 11 is 3.13. The predicted octanol–water partition coefficient (Wildman–Crippen LogP) is 2.93. The van der Waals surface area contributed by atoms with Crippen LogP contribution in [0.15, 0.2) is 0 Å². The van der Waals surface area contributed by atoms with Gasteiger partial charge in [-0.2, -0.15) is 0 Å². The Morgan fingerprint density at radius 3 is 1.67 bits per heavy atom. The van der Waals surface area contributed by atoms with Gasteiger partial charge in [-0.25, -0.2) is 0 Å². The van der Waals surface area contributed by atoms with Crippen molar-refractivity contribution in [3.63, 3.8) is 0 Å². The number of hydrogen-bond acceptors (Lipinski definition) is 0. The van der Waals surface area contributed by atoms with Crippen molar-refractivity contribution in [3.05, 3.63) is 0 Å². The Kier molecular flexibility index (Phi) is 6.00. The molecule has 0 saturated carbocycles. The molecule has 0 unspecified atom stereocenters. The summed E-state index contributed by atoms with van der Waals surface area (Å²) in [5, 5.41) is 0. The zero-order valence-electron chi connectivity index (χ0n) is 6.62. The van der Waals surface area contributed by atoms with E-state index in [0.29, 0.717) is 0 Å². The standard InChI is InChI=1S/C7H17Si.Er/c1-4-7-8(5-2)6-3;/h4-7H2,1-3H3;. The van der Waals surface area contributed by atoms with Crippen LogP contribution in [0.2, 0.25) is 18.1 Å². The Morgan fingerprint density at radius 2 is 1.56 bits per heavy atom. The summed E-state index contributed by atoms with van der Waals surface area (Å²) in [5.41, 5.74) is 0. The van der Waals surface area contributed by atoms with E-state index in [1.54, 1.807) is 0 Å². The second-order valence-corrected chi connectivity index (χ2v) is 12.4. The average molecular weight is 297 g/mol. The quantitative estimate of drug-likeness (QED) is 0.700. The fraction of sp³-hybridized carbons (Fsp3) is 1.00. The van der Waals surface area contributed by atoms with Crippen molar-refractivity contribution in [2.45, 2.75) is 45.3 Å². The van der Waals surface area contributed by atoms with Crippen molar-refractivity contribution < 1.29 is 34.3 Å². The van der Waals surface area contributed by atoms with Crippen LogP contribution in [-0.2, 0) is 0 Å². The molecule has 0 atom stereocenters. The molecule has 0 aromatic heterocycles. The van der Waals surface area contributed by atoms with Crippen LogP contribution in [0, 0.1) is 34.3 Å². The van der Waals surface area contributed by atoms with E-state index < -0.39 is 3.29 Å². The Bertz CT molecular complexity index is 69.3. The molecule has 0 amide bonds.